The van der Waals surface area contributed by atoms with E-state index in [-0.39, 0.29) is 23.5 Å². The van der Waals surface area contributed by atoms with Gasteiger partial charge in [-0.05, 0) is 32.6 Å². The minimum Gasteiger partial charge on any atom is -0.488 e. The first kappa shape index (κ1) is 30.2. The summed E-state index contributed by atoms with van der Waals surface area (Å²) in [5, 5.41) is 2.97. The number of halogens is 1. The molecule has 0 spiro atoms. The molecule has 1 saturated heterocycles. The van der Waals surface area contributed by atoms with Crippen molar-refractivity contribution in [1.29, 1.82) is 0 Å². The van der Waals surface area contributed by atoms with Crippen molar-refractivity contribution in [2.24, 2.45) is 5.41 Å². The van der Waals surface area contributed by atoms with Gasteiger partial charge in [-0.25, -0.2) is 14.6 Å². The molecule has 212 valence electrons. The van der Waals surface area contributed by atoms with Crippen LogP contribution in [-0.4, -0.2) is 65.3 Å². The lowest BCUT2D eigenvalue weighted by Gasteiger charge is -2.32. The van der Waals surface area contributed by atoms with Crippen LogP contribution in [0.3, 0.4) is 0 Å². The lowest BCUT2D eigenvalue weighted by atomic mass is 9.87. The highest BCUT2D eigenvalue weighted by Gasteiger charge is 2.44. The molecule has 1 aliphatic rings. The summed E-state index contributed by atoms with van der Waals surface area (Å²) in [5.74, 6) is -0.496. The number of nitrogens with one attached hydrogen (secondary N) is 1. The van der Waals surface area contributed by atoms with Crippen molar-refractivity contribution < 1.29 is 28.6 Å². The number of likely N-dealkylation sites (tertiary alicyclic amines) is 1. The van der Waals surface area contributed by atoms with E-state index in [0.717, 1.165) is 5.56 Å². The predicted octanol–water partition coefficient (Wildman–Crippen LogP) is 5.25. The molecule has 2 amide bonds. The quantitative estimate of drug-likeness (QED) is 0.364. The van der Waals surface area contributed by atoms with Crippen LogP contribution in [-0.2, 0) is 19.1 Å². The molecule has 2 aromatic rings. The summed E-state index contributed by atoms with van der Waals surface area (Å²) in [7, 11) is 1.28. The van der Waals surface area contributed by atoms with Crippen LogP contribution in [0.25, 0.3) is 11.3 Å². The number of carbonyl (C=O) groups excluding carboxylic acids is 3. The van der Waals surface area contributed by atoms with Gasteiger partial charge in [0, 0.05) is 24.1 Å². The van der Waals surface area contributed by atoms with Gasteiger partial charge in [0.05, 0.1) is 19.3 Å². The maximum absolute atomic E-state index is 13.8. The zero-order valence-electron chi connectivity index (χ0n) is 23.6. The Balaban J connectivity index is 1.84. The molecule has 39 heavy (non-hydrogen) atoms. The number of methoxy groups -OCH3 is 1. The normalized spacial score (nSPS) is 18.3. The van der Waals surface area contributed by atoms with E-state index < -0.39 is 41.8 Å². The van der Waals surface area contributed by atoms with Crippen LogP contribution in [0.4, 0.5) is 4.79 Å². The van der Waals surface area contributed by atoms with Gasteiger partial charge in [0.2, 0.25) is 5.91 Å². The number of carbonyl (C=O) groups is 3. The van der Waals surface area contributed by atoms with Crippen LogP contribution in [0, 0.1) is 5.41 Å². The number of amides is 2. The summed E-state index contributed by atoms with van der Waals surface area (Å²) in [6.07, 6.45) is -0.668. The Bertz CT molecular complexity index is 1180. The van der Waals surface area contributed by atoms with Gasteiger partial charge in [0.15, 0.2) is 0 Å². The van der Waals surface area contributed by atoms with Crippen LogP contribution in [0.2, 0.25) is 5.15 Å². The van der Waals surface area contributed by atoms with Gasteiger partial charge in [-0.15, -0.1) is 0 Å². The summed E-state index contributed by atoms with van der Waals surface area (Å²) in [6.45, 7) is 11.3. The fourth-order valence-electron chi connectivity index (χ4n) is 4.44. The van der Waals surface area contributed by atoms with Gasteiger partial charge < -0.3 is 24.4 Å². The van der Waals surface area contributed by atoms with E-state index in [2.05, 4.69) is 10.3 Å². The smallest absolute Gasteiger partial charge is 0.408 e. The number of benzene rings is 1. The summed E-state index contributed by atoms with van der Waals surface area (Å²) in [4.78, 5) is 44.9. The van der Waals surface area contributed by atoms with E-state index in [1.807, 2.05) is 51.1 Å². The predicted molar refractivity (Wildman–Crippen MR) is 148 cm³/mol. The van der Waals surface area contributed by atoms with Crippen molar-refractivity contribution >= 4 is 29.6 Å². The van der Waals surface area contributed by atoms with E-state index in [1.54, 1.807) is 32.9 Å². The molecule has 1 aliphatic heterocycles. The number of aromatic nitrogens is 1. The van der Waals surface area contributed by atoms with Crippen molar-refractivity contribution in [1.82, 2.24) is 15.2 Å². The van der Waals surface area contributed by atoms with Gasteiger partial charge in [-0.2, -0.15) is 0 Å². The van der Waals surface area contributed by atoms with Gasteiger partial charge in [0.1, 0.15) is 34.7 Å². The van der Waals surface area contributed by atoms with Gasteiger partial charge >= 0.3 is 12.1 Å². The van der Waals surface area contributed by atoms with Crippen LogP contribution < -0.4 is 10.1 Å². The number of nitrogens with zero attached hydrogens (tertiary/aromatic N) is 2. The molecular weight excluding hydrogens is 522 g/mol. The molecule has 1 aromatic heterocycles. The number of ether oxygens (including phenoxy) is 3. The fraction of sp³-hybridized carbons (Fsp3) is 0.517. The minimum atomic E-state index is -0.911. The molecule has 0 radical (unpaired) electrons. The number of esters is 1. The molecule has 2 unspecified atom stereocenters. The van der Waals surface area contributed by atoms with Crippen molar-refractivity contribution in [2.45, 2.75) is 78.2 Å². The Morgan fingerprint density at radius 2 is 1.77 bits per heavy atom. The standard InChI is InChI=1S/C29H38ClN3O6/c1-28(2,3)16-22(32-27(36)39-29(4,5)6)25(34)33-17-20(14-23(33)26(35)37-7)38-19-13-21(31-24(30)15-19)18-11-9-8-10-12-18/h8-13,15,20,22-23H,14,16-17H2,1-7H3,(H,32,36)/t20?,22?,23-/m0/s1. The average molecular weight is 560 g/mol. The molecule has 9 nitrogen and oxygen atoms in total. The highest BCUT2D eigenvalue weighted by Crippen LogP contribution is 2.30. The first-order valence-electron chi connectivity index (χ1n) is 12.9. The lowest BCUT2D eigenvalue weighted by Crippen LogP contribution is -2.53. The Labute approximate surface area is 235 Å². The molecule has 3 rings (SSSR count). The molecule has 1 aromatic carbocycles. The van der Waals surface area contributed by atoms with E-state index in [1.165, 1.54) is 12.0 Å². The second-order valence-electron chi connectivity index (χ2n) is 11.8. The molecule has 0 aliphatic carbocycles. The van der Waals surface area contributed by atoms with Crippen LogP contribution in [0.1, 0.15) is 54.4 Å². The Morgan fingerprint density at radius 3 is 2.36 bits per heavy atom. The maximum atomic E-state index is 13.8. The Kier molecular flexibility index (Phi) is 9.48. The molecular formula is C29H38ClN3O6. The minimum absolute atomic E-state index is 0.121. The van der Waals surface area contributed by atoms with E-state index in [9.17, 15) is 14.4 Å². The SMILES string of the molecule is COC(=O)[C@@H]1CC(Oc2cc(Cl)nc(-c3ccccc3)c2)CN1C(=O)C(CC(C)(C)C)NC(=O)OC(C)(C)C. The van der Waals surface area contributed by atoms with Gasteiger partial charge in [-0.3, -0.25) is 4.79 Å². The van der Waals surface area contributed by atoms with Crippen LogP contribution in [0.15, 0.2) is 42.5 Å². The van der Waals surface area contributed by atoms with E-state index in [4.69, 9.17) is 25.8 Å². The summed E-state index contributed by atoms with van der Waals surface area (Å²) in [6, 6.07) is 11.1. The highest BCUT2D eigenvalue weighted by molar-refractivity contribution is 6.29. The largest absolute Gasteiger partial charge is 0.488 e. The summed E-state index contributed by atoms with van der Waals surface area (Å²) < 4.78 is 16.6. The van der Waals surface area contributed by atoms with Crippen molar-refractivity contribution in [3.8, 4) is 17.0 Å². The summed E-state index contributed by atoms with van der Waals surface area (Å²) >= 11 is 6.28. The second-order valence-corrected chi connectivity index (χ2v) is 12.2. The molecule has 2 heterocycles. The van der Waals surface area contributed by atoms with Crippen LogP contribution in [0.5, 0.6) is 5.75 Å². The number of alkyl carbamates (subject to hydrolysis) is 1. The Hall–Kier alpha value is -3.33. The van der Waals surface area contributed by atoms with E-state index >= 15 is 0 Å². The maximum Gasteiger partial charge on any atom is 0.408 e. The number of pyridine rings is 1. The first-order chi connectivity index (χ1) is 18.1. The third-order valence-corrected chi connectivity index (χ3v) is 6.16. The average Bonchev–Trinajstić information content (AvgIpc) is 3.24. The molecule has 10 heteroatoms. The second kappa shape index (κ2) is 12.2. The third-order valence-electron chi connectivity index (χ3n) is 5.96. The fourth-order valence-corrected chi connectivity index (χ4v) is 4.64. The summed E-state index contributed by atoms with van der Waals surface area (Å²) in [5.41, 5.74) is 0.484. The van der Waals surface area contributed by atoms with Crippen molar-refractivity contribution in [3.63, 3.8) is 0 Å². The number of rotatable bonds is 7. The monoisotopic (exact) mass is 559 g/mol. The number of hydrogen-bond donors (Lipinski definition) is 1. The molecule has 0 saturated carbocycles. The number of hydrogen-bond acceptors (Lipinski definition) is 7. The zero-order valence-corrected chi connectivity index (χ0v) is 24.4. The third kappa shape index (κ3) is 8.85. The van der Waals surface area contributed by atoms with Gasteiger partial charge in [-0.1, -0.05) is 62.7 Å². The van der Waals surface area contributed by atoms with E-state index in [0.29, 0.717) is 17.9 Å². The first-order valence-corrected chi connectivity index (χ1v) is 13.3. The van der Waals surface area contributed by atoms with Crippen molar-refractivity contribution in [2.75, 3.05) is 13.7 Å². The Morgan fingerprint density at radius 1 is 1.10 bits per heavy atom. The molecule has 0 bridgehead atoms. The molecule has 1 N–H and O–H groups in total. The van der Waals surface area contributed by atoms with Crippen LogP contribution >= 0.6 is 11.6 Å². The highest BCUT2D eigenvalue weighted by atomic mass is 35.5. The van der Waals surface area contributed by atoms with Crippen molar-refractivity contribution in [3.05, 3.63) is 47.6 Å². The topological polar surface area (TPSA) is 107 Å². The molecule has 3 atom stereocenters. The lowest BCUT2D eigenvalue weighted by molar-refractivity contribution is -0.151. The van der Waals surface area contributed by atoms with Gasteiger partial charge in [0.25, 0.3) is 0 Å². The zero-order chi connectivity index (χ0) is 29.0. The molecule has 1 fully saturated rings.